The first-order chi connectivity index (χ1) is 10.0. The standard InChI is InChI=1S/C13H15FN4O3/c1-8(20)6-15-13(21)12-11(7-19)16-18(17-12)10-4-2-9(14)3-5-10/h2-5,8,19-20H,6-7H2,1H3,(H,15,21)/t8-/m1/s1. The number of carbonyl (C=O) groups excluding carboxylic acids is 1. The molecule has 1 aromatic carbocycles. The van der Waals surface area contributed by atoms with E-state index in [0.717, 1.165) is 4.80 Å². The first-order valence-electron chi connectivity index (χ1n) is 6.30. The maximum atomic E-state index is 12.9. The highest BCUT2D eigenvalue weighted by atomic mass is 19.1. The van der Waals surface area contributed by atoms with Gasteiger partial charge in [0.05, 0.1) is 18.4 Å². The van der Waals surface area contributed by atoms with Gasteiger partial charge >= 0.3 is 0 Å². The lowest BCUT2D eigenvalue weighted by molar-refractivity contribution is 0.0915. The number of nitrogens with one attached hydrogen (secondary N) is 1. The lowest BCUT2D eigenvalue weighted by Gasteiger charge is -2.05. The third-order valence-electron chi connectivity index (χ3n) is 2.66. The molecule has 3 N–H and O–H groups in total. The highest BCUT2D eigenvalue weighted by Gasteiger charge is 2.18. The predicted molar refractivity (Wildman–Crippen MR) is 71.3 cm³/mol. The Morgan fingerprint density at radius 1 is 1.38 bits per heavy atom. The molecule has 7 nitrogen and oxygen atoms in total. The highest BCUT2D eigenvalue weighted by molar-refractivity contribution is 5.93. The number of rotatable bonds is 5. The SMILES string of the molecule is C[C@@H](O)CNC(=O)c1nn(-c2ccc(F)cc2)nc1CO. The molecule has 8 heteroatoms. The van der Waals surface area contributed by atoms with Crippen molar-refractivity contribution in [1.29, 1.82) is 0 Å². The van der Waals surface area contributed by atoms with E-state index in [0.29, 0.717) is 5.69 Å². The predicted octanol–water partition coefficient (Wildman–Crippen LogP) is 0.00930. The molecule has 0 radical (unpaired) electrons. The minimum absolute atomic E-state index is 0.0394. The highest BCUT2D eigenvalue weighted by Crippen LogP contribution is 2.10. The van der Waals surface area contributed by atoms with Crippen molar-refractivity contribution in [2.75, 3.05) is 6.54 Å². The molecule has 2 aromatic rings. The molecule has 0 aliphatic carbocycles. The van der Waals surface area contributed by atoms with Crippen LogP contribution in [0.15, 0.2) is 24.3 Å². The van der Waals surface area contributed by atoms with E-state index in [-0.39, 0.29) is 17.9 Å². The minimum Gasteiger partial charge on any atom is -0.392 e. The van der Waals surface area contributed by atoms with Crippen LogP contribution in [0.2, 0.25) is 0 Å². The van der Waals surface area contributed by atoms with Gasteiger partial charge in [-0.15, -0.1) is 10.2 Å². The van der Waals surface area contributed by atoms with E-state index in [1.165, 1.54) is 31.2 Å². The molecule has 1 amide bonds. The Balaban J connectivity index is 2.26. The molecule has 2 rings (SSSR count). The van der Waals surface area contributed by atoms with Crippen LogP contribution in [0.1, 0.15) is 23.1 Å². The zero-order valence-corrected chi connectivity index (χ0v) is 11.3. The van der Waals surface area contributed by atoms with Gasteiger partial charge in [0.2, 0.25) is 0 Å². The Kier molecular flexibility index (Phi) is 4.61. The first-order valence-corrected chi connectivity index (χ1v) is 6.30. The summed E-state index contributed by atoms with van der Waals surface area (Å²) in [4.78, 5) is 13.1. The van der Waals surface area contributed by atoms with Crippen LogP contribution in [-0.2, 0) is 6.61 Å². The summed E-state index contributed by atoms with van der Waals surface area (Å²) >= 11 is 0. The number of aliphatic hydroxyl groups is 2. The molecule has 1 aromatic heterocycles. The Bertz CT molecular complexity index is 625. The average molecular weight is 294 g/mol. The van der Waals surface area contributed by atoms with E-state index < -0.39 is 24.4 Å². The topological polar surface area (TPSA) is 100 Å². The van der Waals surface area contributed by atoms with Crippen molar-refractivity contribution in [1.82, 2.24) is 20.3 Å². The van der Waals surface area contributed by atoms with Gasteiger partial charge in [-0.3, -0.25) is 4.79 Å². The smallest absolute Gasteiger partial charge is 0.273 e. The summed E-state index contributed by atoms with van der Waals surface area (Å²) in [6, 6.07) is 5.39. The summed E-state index contributed by atoms with van der Waals surface area (Å²) < 4.78 is 12.9. The number of hydrogen-bond acceptors (Lipinski definition) is 5. The number of hydrogen-bond donors (Lipinski definition) is 3. The van der Waals surface area contributed by atoms with Gasteiger partial charge in [-0.1, -0.05) is 0 Å². The number of carbonyl (C=O) groups is 1. The molecule has 0 saturated carbocycles. The Hall–Kier alpha value is -2.32. The van der Waals surface area contributed by atoms with E-state index >= 15 is 0 Å². The fourth-order valence-corrected chi connectivity index (χ4v) is 1.63. The van der Waals surface area contributed by atoms with Gasteiger partial charge in [-0.05, 0) is 31.2 Å². The molecule has 0 aliphatic heterocycles. The van der Waals surface area contributed by atoms with Crippen LogP contribution in [0.25, 0.3) is 5.69 Å². The number of nitrogens with zero attached hydrogens (tertiary/aromatic N) is 3. The van der Waals surface area contributed by atoms with E-state index in [9.17, 15) is 14.3 Å². The third kappa shape index (κ3) is 3.61. The molecule has 0 unspecified atom stereocenters. The number of aliphatic hydroxyl groups excluding tert-OH is 2. The van der Waals surface area contributed by atoms with Crippen LogP contribution >= 0.6 is 0 Å². The van der Waals surface area contributed by atoms with Crippen LogP contribution in [0.5, 0.6) is 0 Å². The van der Waals surface area contributed by atoms with Gasteiger partial charge in [-0.25, -0.2) is 4.39 Å². The fourth-order valence-electron chi connectivity index (χ4n) is 1.63. The Morgan fingerprint density at radius 2 is 2.05 bits per heavy atom. The van der Waals surface area contributed by atoms with Gasteiger partial charge < -0.3 is 15.5 Å². The van der Waals surface area contributed by atoms with E-state index in [1.54, 1.807) is 0 Å². The quantitative estimate of drug-likeness (QED) is 0.721. The molecule has 0 saturated heterocycles. The van der Waals surface area contributed by atoms with E-state index in [1.807, 2.05) is 0 Å². The molecular weight excluding hydrogens is 279 g/mol. The van der Waals surface area contributed by atoms with Gasteiger partial charge in [0.1, 0.15) is 11.5 Å². The lowest BCUT2D eigenvalue weighted by atomic mass is 10.3. The van der Waals surface area contributed by atoms with Crippen molar-refractivity contribution in [2.24, 2.45) is 0 Å². The van der Waals surface area contributed by atoms with Crippen LogP contribution in [0.4, 0.5) is 4.39 Å². The Morgan fingerprint density at radius 3 is 2.62 bits per heavy atom. The molecule has 21 heavy (non-hydrogen) atoms. The fraction of sp³-hybridized carbons (Fsp3) is 0.308. The minimum atomic E-state index is -0.696. The van der Waals surface area contributed by atoms with Crippen LogP contribution in [0.3, 0.4) is 0 Å². The summed E-state index contributed by atoms with van der Waals surface area (Å²) in [6.45, 7) is 1.13. The van der Waals surface area contributed by atoms with E-state index in [2.05, 4.69) is 15.5 Å². The largest absolute Gasteiger partial charge is 0.392 e. The zero-order valence-electron chi connectivity index (χ0n) is 11.3. The summed E-state index contributed by atoms with van der Waals surface area (Å²) in [5.74, 6) is -0.948. The van der Waals surface area contributed by atoms with Crippen molar-refractivity contribution in [3.8, 4) is 5.69 Å². The number of amides is 1. The normalized spacial score (nSPS) is 12.2. The second-order valence-electron chi connectivity index (χ2n) is 4.48. The van der Waals surface area contributed by atoms with Crippen molar-refractivity contribution in [3.05, 3.63) is 41.5 Å². The average Bonchev–Trinajstić information content (AvgIpc) is 2.89. The van der Waals surface area contributed by atoms with Crippen molar-refractivity contribution < 1.29 is 19.4 Å². The second kappa shape index (κ2) is 6.42. The van der Waals surface area contributed by atoms with Crippen molar-refractivity contribution in [2.45, 2.75) is 19.6 Å². The molecule has 1 heterocycles. The first kappa shape index (κ1) is 15.1. The van der Waals surface area contributed by atoms with Crippen LogP contribution in [0, 0.1) is 5.82 Å². The van der Waals surface area contributed by atoms with Gasteiger partial charge in [0, 0.05) is 6.54 Å². The number of benzene rings is 1. The third-order valence-corrected chi connectivity index (χ3v) is 2.66. The molecule has 112 valence electrons. The summed E-state index contributed by atoms with van der Waals surface area (Å²) in [5.41, 5.74) is 0.519. The monoisotopic (exact) mass is 294 g/mol. The maximum absolute atomic E-state index is 12.9. The molecule has 0 bridgehead atoms. The summed E-state index contributed by atoms with van der Waals surface area (Å²) in [6.07, 6.45) is -0.696. The zero-order chi connectivity index (χ0) is 15.4. The Labute approximate surface area is 120 Å². The van der Waals surface area contributed by atoms with E-state index in [4.69, 9.17) is 5.11 Å². The molecule has 0 aliphatic rings. The maximum Gasteiger partial charge on any atom is 0.273 e. The number of halogens is 1. The molecule has 0 spiro atoms. The van der Waals surface area contributed by atoms with Gasteiger partial charge in [0.15, 0.2) is 5.69 Å². The summed E-state index contributed by atoms with van der Waals surface area (Å²) in [7, 11) is 0. The van der Waals surface area contributed by atoms with Crippen LogP contribution in [-0.4, -0.2) is 43.8 Å². The molecule has 1 atom stereocenters. The second-order valence-corrected chi connectivity index (χ2v) is 4.48. The van der Waals surface area contributed by atoms with Crippen LogP contribution < -0.4 is 5.32 Å². The molecular formula is C13H15FN4O3. The lowest BCUT2D eigenvalue weighted by Crippen LogP contribution is -2.31. The molecule has 0 fully saturated rings. The van der Waals surface area contributed by atoms with Gasteiger partial charge in [0.25, 0.3) is 5.91 Å². The summed E-state index contributed by atoms with van der Waals surface area (Å²) in [5, 5.41) is 28.8. The number of aromatic nitrogens is 3. The van der Waals surface area contributed by atoms with Crippen molar-refractivity contribution >= 4 is 5.91 Å². The van der Waals surface area contributed by atoms with Gasteiger partial charge in [-0.2, -0.15) is 4.80 Å². The van der Waals surface area contributed by atoms with Crippen molar-refractivity contribution in [3.63, 3.8) is 0 Å².